The van der Waals surface area contributed by atoms with Gasteiger partial charge in [0.05, 0.1) is 26.8 Å². The van der Waals surface area contributed by atoms with E-state index in [4.69, 9.17) is 15.5 Å². The van der Waals surface area contributed by atoms with Crippen molar-refractivity contribution in [1.82, 2.24) is 25.1 Å². The van der Waals surface area contributed by atoms with Crippen LogP contribution in [0.15, 0.2) is 54.9 Å². The molecule has 4 aromatic rings. The van der Waals surface area contributed by atoms with Crippen LogP contribution in [0.4, 0.5) is 14.9 Å². The van der Waals surface area contributed by atoms with Gasteiger partial charge >= 0.3 is 6.03 Å². The molecule has 4 N–H and O–H groups in total. The zero-order valence-electron chi connectivity index (χ0n) is 23.2. The number of amides is 3. The summed E-state index contributed by atoms with van der Waals surface area (Å²) in [6.45, 7) is 5.28. The van der Waals surface area contributed by atoms with E-state index in [1.807, 2.05) is 18.3 Å². The minimum atomic E-state index is -0.617. The van der Waals surface area contributed by atoms with E-state index in [2.05, 4.69) is 26.6 Å². The van der Waals surface area contributed by atoms with Crippen molar-refractivity contribution in [3.8, 4) is 22.1 Å². The molecule has 10 nitrogen and oxygen atoms in total. The summed E-state index contributed by atoms with van der Waals surface area (Å²) >= 11 is 1.48. The molecule has 0 atom stereocenters. The van der Waals surface area contributed by atoms with Crippen molar-refractivity contribution in [2.45, 2.75) is 38.4 Å². The van der Waals surface area contributed by atoms with Crippen molar-refractivity contribution in [1.29, 1.82) is 0 Å². The fourth-order valence-corrected chi connectivity index (χ4v) is 6.16. The number of pyridine rings is 2. The Bertz CT molecular complexity index is 1600. The summed E-state index contributed by atoms with van der Waals surface area (Å²) in [7, 11) is 0. The van der Waals surface area contributed by atoms with Crippen LogP contribution in [0.3, 0.4) is 0 Å². The number of ether oxygens (including phenoxy) is 1. The molecule has 2 fully saturated rings. The first kappa shape index (κ1) is 28.0. The van der Waals surface area contributed by atoms with E-state index in [-0.39, 0.29) is 23.4 Å². The van der Waals surface area contributed by atoms with Gasteiger partial charge in [0.15, 0.2) is 11.6 Å². The van der Waals surface area contributed by atoms with Gasteiger partial charge in [-0.1, -0.05) is 6.07 Å². The smallest absolute Gasteiger partial charge is 0.319 e. The number of thiophene rings is 1. The number of carbonyl (C=O) groups excluding carboxylic acids is 2. The Balaban J connectivity index is 1.10. The summed E-state index contributed by atoms with van der Waals surface area (Å²) in [6, 6.07) is 11.8. The number of likely N-dealkylation sites (tertiary alicyclic amines) is 2. The van der Waals surface area contributed by atoms with Crippen molar-refractivity contribution in [2.75, 3.05) is 31.5 Å². The fraction of sp³-hybridized carbons (Fsp3) is 0.333. The van der Waals surface area contributed by atoms with E-state index >= 15 is 0 Å². The molecule has 0 aliphatic carbocycles. The van der Waals surface area contributed by atoms with E-state index in [1.54, 1.807) is 23.2 Å². The molecule has 12 heteroatoms. The van der Waals surface area contributed by atoms with Crippen LogP contribution >= 0.6 is 11.3 Å². The Morgan fingerprint density at radius 3 is 2.62 bits per heavy atom. The number of fused-ring (bicyclic) bond motifs is 1. The zero-order chi connectivity index (χ0) is 29.2. The number of piperidine rings is 1. The highest BCUT2D eigenvalue weighted by Gasteiger charge is 2.29. The molecule has 6 rings (SSSR count). The first-order chi connectivity index (χ1) is 20.3. The average Bonchev–Trinajstić information content (AvgIpc) is 3.39. The molecule has 0 spiro atoms. The molecule has 0 radical (unpaired) electrons. The number of carbonyl (C=O) groups is 2. The third-order valence-electron chi connectivity index (χ3n) is 7.56. The molecular weight excluding hydrogens is 557 g/mol. The first-order valence-electron chi connectivity index (χ1n) is 13.9. The number of anilines is 1. The lowest BCUT2D eigenvalue weighted by Crippen LogP contribution is -2.61. The minimum Gasteiger partial charge on any atom is -0.453 e. The number of hydrogen-bond donors (Lipinski definition) is 3. The van der Waals surface area contributed by atoms with E-state index in [9.17, 15) is 14.0 Å². The summed E-state index contributed by atoms with van der Waals surface area (Å²) in [5.41, 5.74) is 9.04. The number of nitrogens with one attached hydrogen (secondary N) is 2. The van der Waals surface area contributed by atoms with Crippen LogP contribution < -0.4 is 21.1 Å². The maximum Gasteiger partial charge on any atom is 0.319 e. The third-order valence-corrected chi connectivity index (χ3v) is 8.72. The lowest BCUT2D eigenvalue weighted by atomic mass is 10.1. The van der Waals surface area contributed by atoms with E-state index in [1.165, 1.54) is 30.4 Å². The largest absolute Gasteiger partial charge is 0.453 e. The molecule has 2 aliphatic rings. The fourth-order valence-electron chi connectivity index (χ4n) is 5.11. The summed E-state index contributed by atoms with van der Waals surface area (Å²) in [6.07, 6.45) is 5.59. The van der Waals surface area contributed by atoms with Crippen molar-refractivity contribution in [3.63, 3.8) is 0 Å². The van der Waals surface area contributed by atoms with Gasteiger partial charge in [0.1, 0.15) is 5.75 Å². The number of aromatic nitrogens is 2. The van der Waals surface area contributed by atoms with E-state index < -0.39 is 11.8 Å². The van der Waals surface area contributed by atoms with Crippen LogP contribution in [0, 0.1) is 5.82 Å². The highest BCUT2D eigenvalue weighted by molar-refractivity contribution is 7.22. The molecule has 2 aliphatic heterocycles. The SMILES string of the molecule is CC(=O)N1CC(NC(=O)Nc2ccc(Oc3ccnc4cc(-c5ccc(CN6CCC(N)CC6)cn5)sc34)c(F)c2)C1. The summed E-state index contributed by atoms with van der Waals surface area (Å²) < 4.78 is 21.7. The Kier molecular flexibility index (Phi) is 8.00. The molecule has 5 heterocycles. The number of urea groups is 1. The lowest BCUT2D eigenvalue weighted by Gasteiger charge is -2.38. The molecule has 0 unspecified atom stereocenters. The quantitative estimate of drug-likeness (QED) is 0.289. The number of nitrogens with two attached hydrogens (primary N) is 1. The van der Waals surface area contributed by atoms with Crippen LogP contribution in [-0.2, 0) is 11.3 Å². The summed E-state index contributed by atoms with van der Waals surface area (Å²) in [4.78, 5) is 37.7. The predicted molar refractivity (Wildman–Crippen MR) is 160 cm³/mol. The average molecular weight is 590 g/mol. The van der Waals surface area contributed by atoms with Gasteiger partial charge in [-0.3, -0.25) is 19.7 Å². The highest BCUT2D eigenvalue weighted by Crippen LogP contribution is 2.39. The van der Waals surface area contributed by atoms with Gasteiger partial charge in [0, 0.05) is 62.8 Å². The van der Waals surface area contributed by atoms with Crippen molar-refractivity contribution < 1.29 is 18.7 Å². The Hall–Kier alpha value is -4.13. The molecule has 218 valence electrons. The standard InChI is InChI=1S/C30H32FN7O3S/c1-18(39)38-16-22(17-38)36-30(40)35-21-3-5-26(23(31)12-21)41-27-6-9-33-25-13-28(42-29(25)27)24-4-2-19(14-34-24)15-37-10-7-20(32)8-11-37/h2-6,9,12-14,20,22H,7-8,10-11,15-17,32H2,1H3,(H2,35,36,40). The van der Waals surface area contributed by atoms with Gasteiger partial charge in [0.25, 0.3) is 0 Å². The maximum atomic E-state index is 15.0. The number of hydrogen-bond acceptors (Lipinski definition) is 8. The van der Waals surface area contributed by atoms with Gasteiger partial charge < -0.3 is 26.0 Å². The van der Waals surface area contributed by atoms with Crippen LogP contribution in [0.5, 0.6) is 11.5 Å². The highest BCUT2D eigenvalue weighted by atomic mass is 32.1. The zero-order valence-corrected chi connectivity index (χ0v) is 24.0. The second-order valence-corrected chi connectivity index (χ2v) is 11.8. The topological polar surface area (TPSA) is 126 Å². The maximum absolute atomic E-state index is 15.0. The molecule has 2 saturated heterocycles. The lowest BCUT2D eigenvalue weighted by molar-refractivity contribution is -0.133. The molecule has 3 aromatic heterocycles. The number of nitrogens with zero attached hydrogens (tertiary/aromatic N) is 4. The summed E-state index contributed by atoms with van der Waals surface area (Å²) in [5, 5.41) is 5.39. The molecule has 3 amide bonds. The summed E-state index contributed by atoms with van der Waals surface area (Å²) in [5.74, 6) is -0.139. The molecule has 0 bridgehead atoms. The Labute approximate surface area is 246 Å². The van der Waals surface area contributed by atoms with Crippen LogP contribution in [-0.4, -0.2) is 70.0 Å². The first-order valence-corrected chi connectivity index (χ1v) is 14.7. The molecule has 42 heavy (non-hydrogen) atoms. The van der Waals surface area contributed by atoms with Crippen LogP contribution in [0.2, 0.25) is 0 Å². The normalized spacial score (nSPS) is 16.3. The van der Waals surface area contributed by atoms with Crippen molar-refractivity contribution in [3.05, 3.63) is 66.2 Å². The number of halogens is 1. The second-order valence-electron chi connectivity index (χ2n) is 10.8. The van der Waals surface area contributed by atoms with Crippen LogP contribution in [0.1, 0.15) is 25.3 Å². The van der Waals surface area contributed by atoms with Gasteiger partial charge in [-0.2, -0.15) is 0 Å². The van der Waals surface area contributed by atoms with Crippen molar-refractivity contribution >= 4 is 39.2 Å². The monoisotopic (exact) mass is 589 g/mol. The minimum absolute atomic E-state index is 0.0284. The number of benzene rings is 1. The molecular formula is C30H32FN7O3S. The second kappa shape index (κ2) is 12.0. The Morgan fingerprint density at radius 2 is 1.90 bits per heavy atom. The van der Waals surface area contributed by atoms with E-state index in [0.29, 0.717) is 24.9 Å². The van der Waals surface area contributed by atoms with Crippen molar-refractivity contribution in [2.24, 2.45) is 5.73 Å². The van der Waals surface area contributed by atoms with Gasteiger partial charge in [-0.05, 0) is 55.8 Å². The van der Waals surface area contributed by atoms with Crippen LogP contribution in [0.25, 0.3) is 20.8 Å². The molecule has 1 aromatic carbocycles. The number of rotatable bonds is 7. The van der Waals surface area contributed by atoms with Gasteiger partial charge in [0.2, 0.25) is 5.91 Å². The van der Waals surface area contributed by atoms with E-state index in [0.717, 1.165) is 58.8 Å². The third kappa shape index (κ3) is 6.35. The Morgan fingerprint density at radius 1 is 1.10 bits per heavy atom. The van der Waals surface area contributed by atoms with Gasteiger partial charge in [-0.15, -0.1) is 11.3 Å². The predicted octanol–water partition coefficient (Wildman–Crippen LogP) is 4.57. The van der Waals surface area contributed by atoms with Gasteiger partial charge in [-0.25, -0.2) is 9.18 Å². The molecule has 0 saturated carbocycles.